The molecule has 1 atom stereocenters. The molecule has 0 fully saturated rings. The van der Waals surface area contributed by atoms with Crippen molar-refractivity contribution in [3.63, 3.8) is 0 Å². The predicted octanol–water partition coefficient (Wildman–Crippen LogP) is 2.32. The van der Waals surface area contributed by atoms with Crippen LogP contribution >= 0.6 is 0 Å². The fourth-order valence-corrected chi connectivity index (χ4v) is 2.56. The number of aryl methyl sites for hydroxylation is 2. The van der Waals surface area contributed by atoms with E-state index in [1.54, 1.807) is 6.92 Å². The van der Waals surface area contributed by atoms with Gasteiger partial charge in [-0.15, -0.1) is 0 Å². The summed E-state index contributed by atoms with van der Waals surface area (Å²) in [6.45, 7) is 5.54. The molecule has 1 aromatic carbocycles. The molecule has 0 bridgehead atoms. The molecule has 0 spiro atoms. The van der Waals surface area contributed by atoms with Crippen LogP contribution in [0, 0.1) is 19.8 Å². The number of ketones is 1. The Balaban J connectivity index is 1.96. The van der Waals surface area contributed by atoms with E-state index in [4.69, 9.17) is 0 Å². The topological polar surface area (TPSA) is 75.5 Å². The molecule has 0 saturated heterocycles. The summed E-state index contributed by atoms with van der Waals surface area (Å²) in [5, 5.41) is 5.62. The molecule has 1 aliphatic heterocycles. The summed E-state index contributed by atoms with van der Waals surface area (Å²) in [6, 6.07) is 5.79. The third-order valence-corrected chi connectivity index (χ3v) is 3.80. The number of nitrogens with zero attached hydrogens (tertiary/aromatic N) is 4. The lowest BCUT2D eigenvalue weighted by molar-refractivity contribution is -0.118. The molecule has 0 unspecified atom stereocenters. The normalized spacial score (nSPS) is 17.3. The Bertz CT molecular complexity index is 815. The van der Waals surface area contributed by atoms with Gasteiger partial charge in [0.25, 0.3) is 5.91 Å². The van der Waals surface area contributed by atoms with E-state index in [-0.39, 0.29) is 17.4 Å². The van der Waals surface area contributed by atoms with Crippen LogP contribution in [-0.4, -0.2) is 27.4 Å². The molecule has 1 amide bonds. The smallest absolute Gasteiger partial charge is 0.264 e. The average Bonchev–Trinajstić information content (AvgIpc) is 2.84. The Morgan fingerprint density at radius 2 is 1.96 bits per heavy atom. The number of carbonyl (C=O) groups is 2. The molecule has 0 aliphatic carbocycles. The fourth-order valence-electron chi connectivity index (χ4n) is 2.56. The number of Topliss-reactive ketones (excluding diaryl/α,β-unsaturated/α-hetero) is 1. The SMILES string of the molecule is CC1=NN(c2cc(C)ccc2C)C(=O)[C@H]1C(=O)c1cnccn1. The first-order chi connectivity index (χ1) is 11.0. The van der Waals surface area contributed by atoms with Gasteiger partial charge in [0.15, 0.2) is 0 Å². The van der Waals surface area contributed by atoms with Crippen LogP contribution in [0.4, 0.5) is 5.69 Å². The molecule has 2 aromatic rings. The van der Waals surface area contributed by atoms with Crippen LogP contribution in [0.3, 0.4) is 0 Å². The minimum Gasteiger partial charge on any atom is -0.291 e. The second-order valence-electron chi connectivity index (χ2n) is 5.57. The van der Waals surface area contributed by atoms with Gasteiger partial charge < -0.3 is 0 Å². The summed E-state index contributed by atoms with van der Waals surface area (Å²) in [5.41, 5.74) is 3.28. The summed E-state index contributed by atoms with van der Waals surface area (Å²) < 4.78 is 0. The number of rotatable bonds is 3. The quantitative estimate of drug-likeness (QED) is 0.644. The Labute approximate surface area is 133 Å². The summed E-state index contributed by atoms with van der Waals surface area (Å²) in [6.07, 6.45) is 4.28. The van der Waals surface area contributed by atoms with E-state index in [2.05, 4.69) is 15.1 Å². The standard InChI is InChI=1S/C17H16N4O2/c1-10-4-5-11(2)14(8-10)21-17(23)15(12(3)20-21)16(22)13-9-18-6-7-19-13/h4-9,15H,1-3H3/t15-/m1/s1. The van der Waals surface area contributed by atoms with Crippen LogP contribution in [0.25, 0.3) is 0 Å². The van der Waals surface area contributed by atoms with E-state index in [1.165, 1.54) is 23.6 Å². The molecular formula is C17H16N4O2. The Hall–Kier alpha value is -2.89. The molecule has 23 heavy (non-hydrogen) atoms. The minimum atomic E-state index is -0.938. The van der Waals surface area contributed by atoms with Crippen LogP contribution < -0.4 is 5.01 Å². The second kappa shape index (κ2) is 5.72. The first kappa shape index (κ1) is 15.0. The number of benzene rings is 1. The maximum atomic E-state index is 12.7. The van der Waals surface area contributed by atoms with Gasteiger partial charge in [-0.1, -0.05) is 12.1 Å². The van der Waals surface area contributed by atoms with E-state index in [1.807, 2.05) is 32.0 Å². The molecule has 2 heterocycles. The predicted molar refractivity (Wildman–Crippen MR) is 86.4 cm³/mol. The first-order valence-corrected chi connectivity index (χ1v) is 7.25. The second-order valence-corrected chi connectivity index (χ2v) is 5.57. The number of hydrogen-bond donors (Lipinski definition) is 0. The van der Waals surface area contributed by atoms with Gasteiger partial charge in [0.05, 0.1) is 17.6 Å². The highest BCUT2D eigenvalue weighted by Gasteiger charge is 2.41. The Kier molecular flexibility index (Phi) is 3.73. The van der Waals surface area contributed by atoms with Gasteiger partial charge >= 0.3 is 0 Å². The largest absolute Gasteiger partial charge is 0.291 e. The van der Waals surface area contributed by atoms with Crippen LogP contribution in [0.5, 0.6) is 0 Å². The molecule has 0 saturated carbocycles. The molecule has 3 rings (SSSR count). The first-order valence-electron chi connectivity index (χ1n) is 7.25. The van der Waals surface area contributed by atoms with Crippen LogP contribution in [0.1, 0.15) is 28.5 Å². The van der Waals surface area contributed by atoms with Gasteiger partial charge in [-0.05, 0) is 38.0 Å². The number of carbonyl (C=O) groups excluding carboxylic acids is 2. The molecule has 6 nitrogen and oxygen atoms in total. The van der Waals surface area contributed by atoms with E-state index in [0.29, 0.717) is 11.4 Å². The van der Waals surface area contributed by atoms with Crippen LogP contribution in [0.15, 0.2) is 41.9 Å². The van der Waals surface area contributed by atoms with E-state index >= 15 is 0 Å². The Morgan fingerprint density at radius 1 is 1.17 bits per heavy atom. The minimum absolute atomic E-state index is 0.170. The lowest BCUT2D eigenvalue weighted by Gasteiger charge is -2.16. The van der Waals surface area contributed by atoms with Crippen LogP contribution in [-0.2, 0) is 4.79 Å². The van der Waals surface area contributed by atoms with Crippen molar-refractivity contribution < 1.29 is 9.59 Å². The third kappa shape index (κ3) is 2.63. The fraction of sp³-hybridized carbons (Fsp3) is 0.235. The van der Waals surface area contributed by atoms with Crippen molar-refractivity contribution in [1.82, 2.24) is 9.97 Å². The lowest BCUT2D eigenvalue weighted by atomic mass is 9.97. The van der Waals surface area contributed by atoms with Crippen molar-refractivity contribution in [3.8, 4) is 0 Å². The van der Waals surface area contributed by atoms with Crippen LogP contribution in [0.2, 0.25) is 0 Å². The number of anilines is 1. The Morgan fingerprint density at radius 3 is 2.65 bits per heavy atom. The summed E-state index contributed by atoms with van der Waals surface area (Å²) in [4.78, 5) is 33.2. The van der Waals surface area contributed by atoms with Gasteiger partial charge in [-0.2, -0.15) is 10.1 Å². The van der Waals surface area contributed by atoms with E-state index < -0.39 is 5.92 Å². The van der Waals surface area contributed by atoms with Gasteiger partial charge in [0.2, 0.25) is 5.78 Å². The number of aromatic nitrogens is 2. The number of hydrogen-bond acceptors (Lipinski definition) is 5. The van der Waals surface area contributed by atoms with Crippen molar-refractivity contribution >= 4 is 23.1 Å². The highest BCUT2D eigenvalue weighted by molar-refractivity contribution is 6.30. The molecular weight excluding hydrogens is 292 g/mol. The molecule has 1 aromatic heterocycles. The van der Waals surface area contributed by atoms with E-state index in [0.717, 1.165) is 11.1 Å². The van der Waals surface area contributed by atoms with Crippen molar-refractivity contribution in [2.45, 2.75) is 20.8 Å². The molecule has 0 radical (unpaired) electrons. The molecule has 0 N–H and O–H groups in total. The molecule has 6 heteroatoms. The zero-order valence-electron chi connectivity index (χ0n) is 13.1. The number of hydrazone groups is 1. The van der Waals surface area contributed by atoms with Gasteiger partial charge in [-0.25, -0.2) is 4.98 Å². The van der Waals surface area contributed by atoms with Gasteiger partial charge in [0, 0.05) is 12.4 Å². The summed E-state index contributed by atoms with van der Waals surface area (Å²) >= 11 is 0. The highest BCUT2D eigenvalue weighted by Crippen LogP contribution is 2.29. The molecule has 116 valence electrons. The number of amides is 1. The zero-order valence-corrected chi connectivity index (χ0v) is 13.1. The summed E-state index contributed by atoms with van der Waals surface area (Å²) in [7, 11) is 0. The maximum Gasteiger partial charge on any atom is 0.264 e. The highest BCUT2D eigenvalue weighted by atomic mass is 16.2. The van der Waals surface area contributed by atoms with Gasteiger partial charge in [-0.3, -0.25) is 14.6 Å². The van der Waals surface area contributed by atoms with Crippen molar-refractivity contribution in [2.24, 2.45) is 11.0 Å². The monoisotopic (exact) mass is 308 g/mol. The third-order valence-electron chi connectivity index (χ3n) is 3.80. The lowest BCUT2D eigenvalue weighted by Crippen LogP contribution is -2.33. The van der Waals surface area contributed by atoms with Crippen molar-refractivity contribution in [1.29, 1.82) is 0 Å². The molecule has 1 aliphatic rings. The van der Waals surface area contributed by atoms with Crippen molar-refractivity contribution in [3.05, 3.63) is 53.6 Å². The van der Waals surface area contributed by atoms with Gasteiger partial charge in [0.1, 0.15) is 11.6 Å². The van der Waals surface area contributed by atoms with Crippen molar-refractivity contribution in [2.75, 3.05) is 5.01 Å². The average molecular weight is 308 g/mol. The summed E-state index contributed by atoms with van der Waals surface area (Å²) in [5.74, 6) is -1.67. The zero-order chi connectivity index (χ0) is 16.6. The van der Waals surface area contributed by atoms with E-state index in [9.17, 15) is 9.59 Å². The maximum absolute atomic E-state index is 12.7.